The predicted octanol–water partition coefficient (Wildman–Crippen LogP) is 6.51. The number of aromatic nitrogens is 2. The molecule has 1 aromatic heterocycles. The highest BCUT2D eigenvalue weighted by molar-refractivity contribution is 6.61. The number of carbonyl (C=O) groups is 1. The van der Waals surface area contributed by atoms with Crippen LogP contribution in [0, 0.1) is 13.8 Å². The highest BCUT2D eigenvalue weighted by atomic mass is 19.3. The van der Waals surface area contributed by atoms with Crippen LogP contribution in [-0.4, -0.2) is 33.8 Å². The first-order chi connectivity index (χ1) is 16.2. The molecule has 0 N–H and O–H groups in total. The van der Waals surface area contributed by atoms with Crippen LogP contribution in [-0.2, 0) is 17.3 Å². The van der Waals surface area contributed by atoms with Gasteiger partial charge in [0.1, 0.15) is 19.0 Å². The second kappa shape index (κ2) is 9.12. The van der Waals surface area contributed by atoms with Crippen LogP contribution in [0.4, 0.5) is 8.78 Å². The van der Waals surface area contributed by atoms with Crippen LogP contribution in [0.1, 0.15) is 85.5 Å². The van der Waals surface area contributed by atoms with Crippen molar-refractivity contribution in [1.29, 1.82) is 0 Å². The first-order valence-electron chi connectivity index (χ1n) is 13.0. The van der Waals surface area contributed by atoms with Gasteiger partial charge < -0.3 is 4.90 Å². The van der Waals surface area contributed by atoms with E-state index >= 15 is 0 Å². The molecule has 3 aliphatic rings. The third kappa shape index (κ3) is 4.80. The predicted molar refractivity (Wildman–Crippen MR) is 132 cm³/mol. The van der Waals surface area contributed by atoms with Crippen molar-refractivity contribution in [1.82, 2.24) is 14.7 Å². The Morgan fingerprint density at radius 1 is 1.06 bits per heavy atom. The molecule has 0 radical (unpaired) electrons. The number of halogens is 2. The second-order valence-corrected chi connectivity index (χ2v) is 11.1. The number of likely N-dealkylation sites (tertiary alicyclic amines) is 1. The Hall–Kier alpha value is -2.18. The van der Waals surface area contributed by atoms with E-state index in [0.29, 0.717) is 24.8 Å². The molecule has 1 saturated carbocycles. The van der Waals surface area contributed by atoms with E-state index in [1.165, 1.54) is 59.3 Å². The van der Waals surface area contributed by atoms with E-state index < -0.39 is 5.92 Å². The molecule has 2 atom stereocenters. The number of nitrogens with zero attached hydrogens (tertiary/aromatic N) is 3. The summed E-state index contributed by atoms with van der Waals surface area (Å²) in [5.74, 6) is -2.43. The molecule has 3 fully saturated rings. The number of hydrogen-bond acceptors (Lipinski definition) is 2. The molecule has 7 heteroatoms. The number of amides is 1. The summed E-state index contributed by atoms with van der Waals surface area (Å²) in [4.78, 5) is 15.7. The molecule has 3 heterocycles. The summed E-state index contributed by atoms with van der Waals surface area (Å²) in [5.41, 5.74) is 4.15. The number of hydrogen-bond donors (Lipinski definition) is 0. The molecule has 4 nitrogen and oxygen atoms in total. The first kappa shape index (κ1) is 23.6. The van der Waals surface area contributed by atoms with Gasteiger partial charge in [-0.15, -0.1) is 0 Å². The Morgan fingerprint density at radius 2 is 1.74 bits per heavy atom. The zero-order valence-electron chi connectivity index (χ0n) is 20.7. The summed E-state index contributed by atoms with van der Waals surface area (Å²) in [7, 11) is 0. The van der Waals surface area contributed by atoms with Crippen LogP contribution >= 0.6 is 0 Å². The van der Waals surface area contributed by atoms with Crippen molar-refractivity contribution in [3.05, 3.63) is 52.3 Å². The molecular formula is C27H36BF2N3O. The minimum Gasteiger partial charge on any atom is -0.334 e. The van der Waals surface area contributed by atoms with Crippen molar-refractivity contribution in [3.63, 3.8) is 0 Å². The molecule has 0 unspecified atom stereocenters. The number of benzene rings is 1. The fraction of sp³-hybridized carbons (Fsp3) is 0.630. The van der Waals surface area contributed by atoms with Crippen molar-refractivity contribution in [2.45, 2.75) is 102 Å². The smallest absolute Gasteiger partial charge is 0.286 e. The van der Waals surface area contributed by atoms with Crippen molar-refractivity contribution in [3.8, 4) is 0 Å². The minimum absolute atomic E-state index is 0.0123. The van der Waals surface area contributed by atoms with Gasteiger partial charge in [-0.3, -0.25) is 9.48 Å². The number of aryl methyl sites for hydroxylation is 2. The van der Waals surface area contributed by atoms with E-state index in [1.807, 2.05) is 4.90 Å². The van der Waals surface area contributed by atoms with E-state index in [1.54, 1.807) is 0 Å². The molecule has 34 heavy (non-hydrogen) atoms. The largest absolute Gasteiger partial charge is 0.334 e. The summed E-state index contributed by atoms with van der Waals surface area (Å²) in [6, 6.07) is 8.12. The van der Waals surface area contributed by atoms with Crippen LogP contribution in [0.5, 0.6) is 0 Å². The third-order valence-corrected chi connectivity index (χ3v) is 8.14. The summed E-state index contributed by atoms with van der Waals surface area (Å²) in [6.07, 6.45) is 9.25. The van der Waals surface area contributed by atoms with Gasteiger partial charge in [0.05, 0.1) is 11.7 Å². The number of alkyl halides is 2. The van der Waals surface area contributed by atoms with Crippen LogP contribution < -0.4 is 0 Å². The van der Waals surface area contributed by atoms with E-state index in [0.717, 1.165) is 26.2 Å². The van der Waals surface area contributed by atoms with Gasteiger partial charge in [-0.25, -0.2) is 0 Å². The third-order valence-electron chi connectivity index (χ3n) is 8.14. The minimum atomic E-state index is -3.02. The Kier molecular flexibility index (Phi) is 6.32. The standard InChI is InChI=1S/C27H36BF2N3O/c1-18-13-19(2)15-21(14-18)26-22(28-10-5-4-6-11-28)9-12-32(26)25(34)17-33-24(27(3,29)30)16-23(31-33)20-7-8-20/h13-16,20,22,26H,4-12,17H2,1-3H3/t22-,26-/m0/s1. The van der Waals surface area contributed by atoms with E-state index in [2.05, 4.69) is 37.1 Å². The van der Waals surface area contributed by atoms with Gasteiger partial charge in [0.2, 0.25) is 5.91 Å². The topological polar surface area (TPSA) is 38.1 Å². The van der Waals surface area contributed by atoms with E-state index in [9.17, 15) is 13.6 Å². The Bertz CT molecular complexity index is 1030. The van der Waals surface area contributed by atoms with Gasteiger partial charge in [-0.2, -0.15) is 13.9 Å². The monoisotopic (exact) mass is 467 g/mol. The molecule has 5 rings (SSSR count). The zero-order chi connectivity index (χ0) is 24.0. The molecule has 1 aliphatic carbocycles. The highest BCUT2D eigenvalue weighted by Gasteiger charge is 2.44. The molecule has 1 amide bonds. The molecule has 182 valence electrons. The molecule has 2 saturated heterocycles. The maximum atomic E-state index is 14.4. The highest BCUT2D eigenvalue weighted by Crippen LogP contribution is 2.47. The van der Waals surface area contributed by atoms with Gasteiger partial charge in [-0.05, 0) is 50.6 Å². The summed E-state index contributed by atoms with van der Waals surface area (Å²) >= 11 is 0. The molecule has 2 aliphatic heterocycles. The zero-order valence-corrected chi connectivity index (χ0v) is 20.7. The molecule has 2 aromatic rings. The number of rotatable bonds is 6. The van der Waals surface area contributed by atoms with Crippen LogP contribution in [0.25, 0.3) is 0 Å². The normalized spacial score (nSPS) is 23.6. The van der Waals surface area contributed by atoms with Gasteiger partial charge in [0, 0.05) is 19.4 Å². The number of carbonyl (C=O) groups excluding carboxylic acids is 1. The van der Waals surface area contributed by atoms with E-state index in [-0.39, 0.29) is 30.1 Å². The van der Waals surface area contributed by atoms with Crippen molar-refractivity contribution < 1.29 is 13.6 Å². The maximum Gasteiger partial charge on any atom is 0.286 e. The summed E-state index contributed by atoms with van der Waals surface area (Å²) in [5, 5.41) is 4.47. The van der Waals surface area contributed by atoms with Gasteiger partial charge >= 0.3 is 0 Å². The molecule has 1 aromatic carbocycles. The SMILES string of the molecule is Cc1cc(C)cc([C@H]2[C@@H](B3CCCCC3)CCN2C(=O)Cn2nc(C3CC3)cc2C(C)(F)F)c1. The summed E-state index contributed by atoms with van der Waals surface area (Å²) < 4.78 is 30.1. The average Bonchev–Trinajstić information content (AvgIpc) is 3.37. The lowest BCUT2D eigenvalue weighted by Gasteiger charge is -2.34. The molecular weight excluding hydrogens is 431 g/mol. The lowest BCUT2D eigenvalue weighted by molar-refractivity contribution is -0.133. The van der Waals surface area contributed by atoms with E-state index in [4.69, 9.17) is 0 Å². The van der Waals surface area contributed by atoms with Crippen molar-refractivity contribution in [2.75, 3.05) is 6.54 Å². The Balaban J connectivity index is 1.45. The fourth-order valence-corrected chi connectivity index (χ4v) is 6.47. The Labute approximate surface area is 202 Å². The summed E-state index contributed by atoms with van der Waals surface area (Å²) in [6.45, 7) is 6.29. The average molecular weight is 467 g/mol. The van der Waals surface area contributed by atoms with Crippen LogP contribution in [0.15, 0.2) is 24.3 Å². The molecule has 0 bridgehead atoms. The van der Waals surface area contributed by atoms with Gasteiger partial charge in [-0.1, -0.05) is 61.2 Å². The van der Waals surface area contributed by atoms with Crippen LogP contribution in [0.3, 0.4) is 0 Å². The van der Waals surface area contributed by atoms with Crippen LogP contribution in [0.2, 0.25) is 18.5 Å². The molecule has 0 spiro atoms. The lowest BCUT2D eigenvalue weighted by atomic mass is 9.33. The first-order valence-corrected chi connectivity index (χ1v) is 13.0. The maximum absolute atomic E-state index is 14.4. The lowest BCUT2D eigenvalue weighted by Crippen LogP contribution is -2.37. The Morgan fingerprint density at radius 3 is 2.35 bits per heavy atom. The fourth-order valence-electron chi connectivity index (χ4n) is 6.47. The van der Waals surface area contributed by atoms with Crippen molar-refractivity contribution >= 4 is 12.6 Å². The van der Waals surface area contributed by atoms with Gasteiger partial charge in [0.15, 0.2) is 0 Å². The van der Waals surface area contributed by atoms with Gasteiger partial charge in [0.25, 0.3) is 5.92 Å². The quantitative estimate of drug-likeness (QED) is 0.454. The van der Waals surface area contributed by atoms with Crippen molar-refractivity contribution in [2.24, 2.45) is 0 Å². The second-order valence-electron chi connectivity index (χ2n) is 11.1.